The molecule has 22 heavy (non-hydrogen) atoms. The first-order chi connectivity index (χ1) is 10.5. The quantitative estimate of drug-likeness (QED) is 0.854. The van der Waals surface area contributed by atoms with Gasteiger partial charge in [0, 0.05) is 11.4 Å². The van der Waals surface area contributed by atoms with Gasteiger partial charge in [0.15, 0.2) is 0 Å². The summed E-state index contributed by atoms with van der Waals surface area (Å²) in [6.45, 7) is 6.22. The number of hydrogen-bond acceptors (Lipinski definition) is 2. The predicted octanol–water partition coefficient (Wildman–Crippen LogP) is 4.77. The second-order valence-electron chi connectivity index (χ2n) is 5.50. The first kappa shape index (κ1) is 15.9. The number of amides is 2. The molecule has 0 fully saturated rings. The predicted molar refractivity (Wildman–Crippen MR) is 90.9 cm³/mol. The molecule has 2 rings (SSSR count). The topological polar surface area (TPSA) is 50.4 Å². The number of nitrogens with one attached hydrogen (secondary N) is 2. The second-order valence-corrected chi connectivity index (χ2v) is 5.50. The number of carbonyl (C=O) groups is 1. The number of rotatable bonds is 4. The zero-order chi connectivity index (χ0) is 16.1. The Hall–Kier alpha value is -2.49. The van der Waals surface area contributed by atoms with E-state index in [4.69, 9.17) is 4.74 Å². The van der Waals surface area contributed by atoms with Crippen molar-refractivity contribution in [1.82, 2.24) is 0 Å². The van der Waals surface area contributed by atoms with Gasteiger partial charge in [-0.15, -0.1) is 0 Å². The van der Waals surface area contributed by atoms with Gasteiger partial charge in [0.1, 0.15) is 5.75 Å². The molecule has 0 saturated heterocycles. The summed E-state index contributed by atoms with van der Waals surface area (Å²) >= 11 is 0. The Morgan fingerprint density at radius 1 is 1.05 bits per heavy atom. The molecular formula is C18H22N2O2. The highest BCUT2D eigenvalue weighted by Crippen LogP contribution is 2.27. The summed E-state index contributed by atoms with van der Waals surface area (Å²) in [5, 5.41) is 5.79. The van der Waals surface area contributed by atoms with Crippen molar-refractivity contribution in [2.45, 2.75) is 26.7 Å². The van der Waals surface area contributed by atoms with E-state index in [1.807, 2.05) is 37.3 Å². The molecule has 0 aliphatic heterocycles. The fourth-order valence-corrected chi connectivity index (χ4v) is 2.29. The third-order valence-corrected chi connectivity index (χ3v) is 3.51. The lowest BCUT2D eigenvalue weighted by atomic mass is 9.98. The molecule has 0 spiro atoms. The van der Waals surface area contributed by atoms with Crippen LogP contribution in [-0.4, -0.2) is 13.1 Å². The van der Waals surface area contributed by atoms with Crippen LogP contribution in [0, 0.1) is 6.92 Å². The summed E-state index contributed by atoms with van der Waals surface area (Å²) in [4.78, 5) is 12.2. The maximum absolute atomic E-state index is 12.2. The van der Waals surface area contributed by atoms with Gasteiger partial charge in [-0.25, -0.2) is 4.79 Å². The standard InChI is InChI=1S/C18H22N2O2/c1-12(2)16-7-5-6-13(3)17(16)20-18(21)19-14-8-10-15(22-4)11-9-14/h5-12H,1-4H3,(H2,19,20,21). The minimum atomic E-state index is -0.249. The number of methoxy groups -OCH3 is 1. The van der Waals surface area contributed by atoms with Crippen molar-refractivity contribution in [3.8, 4) is 5.75 Å². The molecule has 2 amide bonds. The zero-order valence-corrected chi connectivity index (χ0v) is 13.4. The number of ether oxygens (including phenoxy) is 1. The number of urea groups is 1. The first-order valence-electron chi connectivity index (χ1n) is 7.33. The molecule has 4 heteroatoms. The SMILES string of the molecule is COc1ccc(NC(=O)Nc2c(C)cccc2C(C)C)cc1. The minimum absolute atomic E-state index is 0.249. The fraction of sp³-hybridized carbons (Fsp3) is 0.278. The van der Waals surface area contributed by atoms with Crippen LogP contribution in [-0.2, 0) is 0 Å². The van der Waals surface area contributed by atoms with Crippen LogP contribution in [0.4, 0.5) is 16.2 Å². The van der Waals surface area contributed by atoms with E-state index in [0.717, 1.165) is 28.3 Å². The average molecular weight is 298 g/mol. The molecule has 116 valence electrons. The highest BCUT2D eigenvalue weighted by atomic mass is 16.5. The molecule has 0 aliphatic carbocycles. The maximum Gasteiger partial charge on any atom is 0.323 e. The van der Waals surface area contributed by atoms with E-state index in [-0.39, 0.29) is 6.03 Å². The highest BCUT2D eigenvalue weighted by Gasteiger charge is 2.12. The van der Waals surface area contributed by atoms with E-state index in [1.54, 1.807) is 19.2 Å². The van der Waals surface area contributed by atoms with Crippen LogP contribution in [0.15, 0.2) is 42.5 Å². The molecule has 2 aromatic carbocycles. The molecule has 4 nitrogen and oxygen atoms in total. The van der Waals surface area contributed by atoms with E-state index >= 15 is 0 Å². The Morgan fingerprint density at radius 2 is 1.73 bits per heavy atom. The molecule has 0 saturated carbocycles. The van der Waals surface area contributed by atoms with Gasteiger partial charge in [0.05, 0.1) is 7.11 Å². The van der Waals surface area contributed by atoms with Gasteiger partial charge < -0.3 is 15.4 Å². The Bertz CT molecular complexity index is 649. The van der Waals surface area contributed by atoms with E-state index in [2.05, 4.69) is 24.5 Å². The third kappa shape index (κ3) is 3.79. The number of benzene rings is 2. The van der Waals surface area contributed by atoms with Gasteiger partial charge in [-0.2, -0.15) is 0 Å². The van der Waals surface area contributed by atoms with Crippen molar-refractivity contribution in [3.05, 3.63) is 53.6 Å². The Kier molecular flexibility index (Phi) is 5.04. The summed E-state index contributed by atoms with van der Waals surface area (Å²) in [6.07, 6.45) is 0. The molecule has 0 unspecified atom stereocenters. The van der Waals surface area contributed by atoms with Crippen LogP contribution < -0.4 is 15.4 Å². The number of aryl methyl sites for hydroxylation is 1. The summed E-state index contributed by atoms with van der Waals surface area (Å²) < 4.78 is 5.10. The maximum atomic E-state index is 12.2. The first-order valence-corrected chi connectivity index (χ1v) is 7.33. The van der Waals surface area contributed by atoms with Crippen LogP contribution in [0.25, 0.3) is 0 Å². The normalized spacial score (nSPS) is 10.4. The minimum Gasteiger partial charge on any atom is -0.497 e. The molecule has 0 bridgehead atoms. The number of anilines is 2. The van der Waals surface area contributed by atoms with Crippen LogP contribution >= 0.6 is 0 Å². The molecular weight excluding hydrogens is 276 g/mol. The summed E-state index contributed by atoms with van der Waals surface area (Å²) in [6, 6.07) is 13.0. The molecule has 0 atom stereocenters. The number of para-hydroxylation sites is 1. The van der Waals surface area contributed by atoms with Crippen molar-refractivity contribution < 1.29 is 9.53 Å². The lowest BCUT2D eigenvalue weighted by Gasteiger charge is -2.17. The van der Waals surface area contributed by atoms with Crippen LogP contribution in [0.3, 0.4) is 0 Å². The molecule has 0 aromatic heterocycles. The largest absolute Gasteiger partial charge is 0.497 e. The fourth-order valence-electron chi connectivity index (χ4n) is 2.29. The Balaban J connectivity index is 2.12. The highest BCUT2D eigenvalue weighted by molar-refractivity contribution is 6.00. The van der Waals surface area contributed by atoms with Gasteiger partial charge in [0.2, 0.25) is 0 Å². The van der Waals surface area contributed by atoms with Crippen LogP contribution in [0.2, 0.25) is 0 Å². The molecule has 2 aromatic rings. The van der Waals surface area contributed by atoms with Gasteiger partial charge in [-0.3, -0.25) is 0 Å². The Labute approximate surface area is 131 Å². The zero-order valence-electron chi connectivity index (χ0n) is 13.4. The van der Waals surface area contributed by atoms with Crippen LogP contribution in [0.1, 0.15) is 30.9 Å². The summed E-state index contributed by atoms with van der Waals surface area (Å²) in [7, 11) is 1.61. The molecule has 0 aliphatic rings. The number of hydrogen-bond donors (Lipinski definition) is 2. The summed E-state index contributed by atoms with van der Waals surface area (Å²) in [5.74, 6) is 1.10. The molecule has 0 radical (unpaired) electrons. The smallest absolute Gasteiger partial charge is 0.323 e. The lowest BCUT2D eigenvalue weighted by Crippen LogP contribution is -2.21. The van der Waals surface area contributed by atoms with Gasteiger partial charge in [-0.1, -0.05) is 32.0 Å². The van der Waals surface area contributed by atoms with Crippen molar-refractivity contribution >= 4 is 17.4 Å². The summed E-state index contributed by atoms with van der Waals surface area (Å²) in [5.41, 5.74) is 3.78. The van der Waals surface area contributed by atoms with E-state index < -0.39 is 0 Å². The third-order valence-electron chi connectivity index (χ3n) is 3.51. The van der Waals surface area contributed by atoms with Crippen molar-refractivity contribution in [2.24, 2.45) is 0 Å². The second kappa shape index (κ2) is 6.98. The average Bonchev–Trinajstić information content (AvgIpc) is 2.49. The number of carbonyl (C=O) groups excluding carboxylic acids is 1. The van der Waals surface area contributed by atoms with E-state index in [1.165, 1.54) is 0 Å². The van der Waals surface area contributed by atoms with Crippen molar-refractivity contribution in [1.29, 1.82) is 0 Å². The molecule has 2 N–H and O–H groups in total. The van der Waals surface area contributed by atoms with Gasteiger partial charge >= 0.3 is 6.03 Å². The van der Waals surface area contributed by atoms with Gasteiger partial charge in [0.25, 0.3) is 0 Å². The van der Waals surface area contributed by atoms with E-state index in [9.17, 15) is 4.79 Å². The van der Waals surface area contributed by atoms with E-state index in [0.29, 0.717) is 5.92 Å². The van der Waals surface area contributed by atoms with Gasteiger partial charge in [-0.05, 0) is 48.2 Å². The Morgan fingerprint density at radius 3 is 2.32 bits per heavy atom. The van der Waals surface area contributed by atoms with Crippen molar-refractivity contribution in [3.63, 3.8) is 0 Å². The molecule has 0 heterocycles. The lowest BCUT2D eigenvalue weighted by molar-refractivity contribution is 0.262. The van der Waals surface area contributed by atoms with Crippen LogP contribution in [0.5, 0.6) is 5.75 Å². The van der Waals surface area contributed by atoms with Crippen molar-refractivity contribution in [2.75, 3.05) is 17.7 Å². The monoisotopic (exact) mass is 298 g/mol.